The van der Waals surface area contributed by atoms with Crippen LogP contribution in [-0.4, -0.2) is 59.4 Å². The first kappa shape index (κ1) is 20.7. The molecule has 2 aliphatic carbocycles. The Kier molecular flexibility index (Phi) is 5.87. The average molecular weight is 439 g/mol. The summed E-state index contributed by atoms with van der Waals surface area (Å²) in [6.45, 7) is 6.29. The maximum Gasteiger partial charge on any atom is 0.236 e. The second kappa shape index (κ2) is 8.78. The van der Waals surface area contributed by atoms with Gasteiger partial charge in [-0.2, -0.15) is 5.26 Å². The topological polar surface area (TPSA) is 63.7 Å². The van der Waals surface area contributed by atoms with Gasteiger partial charge in [0.2, 0.25) is 5.91 Å². The minimum Gasteiger partial charge on any atom is -0.464 e. The quantitative estimate of drug-likeness (QED) is 0.627. The summed E-state index contributed by atoms with van der Waals surface area (Å²) in [6, 6.07) is 10.9. The summed E-state index contributed by atoms with van der Waals surface area (Å²) in [5.74, 6) is 3.61. The predicted octanol–water partition coefficient (Wildman–Crippen LogP) is 3.84. The molecule has 1 amide bonds. The number of piperazine rings is 1. The molecule has 5 rings (SSSR count). The zero-order valence-electron chi connectivity index (χ0n) is 18.1. The van der Waals surface area contributed by atoms with Gasteiger partial charge in [-0.25, -0.2) is 0 Å². The van der Waals surface area contributed by atoms with Crippen LogP contribution in [0.4, 0.5) is 0 Å². The molecule has 164 valence electrons. The summed E-state index contributed by atoms with van der Waals surface area (Å²) < 4.78 is 6.10. The highest BCUT2D eigenvalue weighted by Gasteiger charge is 2.37. The molecular weight excluding hydrogens is 408 g/mol. The average Bonchev–Trinajstić information content (AvgIpc) is 3.64. The molecule has 0 spiro atoms. The number of amides is 1. The largest absolute Gasteiger partial charge is 0.464 e. The summed E-state index contributed by atoms with van der Waals surface area (Å²) >= 11 is 1.62. The van der Waals surface area contributed by atoms with Gasteiger partial charge in [0.1, 0.15) is 17.6 Å². The number of nitriles is 1. The van der Waals surface area contributed by atoms with Crippen LogP contribution < -0.4 is 0 Å². The molecule has 2 saturated carbocycles. The van der Waals surface area contributed by atoms with Gasteiger partial charge in [0.25, 0.3) is 0 Å². The maximum absolute atomic E-state index is 13.0. The molecule has 6 nitrogen and oxygen atoms in total. The van der Waals surface area contributed by atoms with Gasteiger partial charge in [-0.1, -0.05) is 13.0 Å². The molecule has 0 bridgehead atoms. The number of hydrogen-bond acceptors (Lipinski definition) is 6. The summed E-state index contributed by atoms with van der Waals surface area (Å²) in [5.41, 5.74) is 0. The lowest BCUT2D eigenvalue weighted by molar-refractivity contribution is -0.134. The molecule has 2 aromatic heterocycles. The molecule has 2 aromatic rings. The lowest BCUT2D eigenvalue weighted by atomic mass is 10.2. The molecule has 7 heteroatoms. The van der Waals surface area contributed by atoms with Crippen molar-refractivity contribution in [3.63, 3.8) is 0 Å². The Bertz CT molecular complexity index is 937. The van der Waals surface area contributed by atoms with Crippen molar-refractivity contribution in [1.82, 2.24) is 14.7 Å². The first-order valence-corrected chi connectivity index (χ1v) is 12.3. The second-order valence-corrected chi connectivity index (χ2v) is 10.2. The summed E-state index contributed by atoms with van der Waals surface area (Å²) in [7, 11) is 0. The molecule has 1 saturated heterocycles. The van der Waals surface area contributed by atoms with E-state index in [1.807, 2.05) is 22.4 Å². The van der Waals surface area contributed by atoms with Crippen molar-refractivity contribution >= 4 is 17.2 Å². The fourth-order valence-electron chi connectivity index (χ4n) is 4.63. The molecule has 0 unspecified atom stereocenters. The van der Waals surface area contributed by atoms with Crippen LogP contribution in [0.3, 0.4) is 0 Å². The molecule has 0 aromatic carbocycles. The van der Waals surface area contributed by atoms with E-state index in [0.717, 1.165) is 35.4 Å². The number of thiophene rings is 1. The highest BCUT2D eigenvalue weighted by molar-refractivity contribution is 7.10. The van der Waals surface area contributed by atoms with Crippen LogP contribution in [0.15, 0.2) is 34.1 Å². The van der Waals surface area contributed by atoms with Gasteiger partial charge in [-0.15, -0.1) is 11.3 Å². The van der Waals surface area contributed by atoms with Gasteiger partial charge in [-0.05, 0) is 48.8 Å². The fraction of sp³-hybridized carbons (Fsp3) is 0.583. The molecule has 3 heterocycles. The number of hydrogen-bond donors (Lipinski definition) is 0. The van der Waals surface area contributed by atoms with Crippen LogP contribution in [0.2, 0.25) is 0 Å². The van der Waals surface area contributed by atoms with E-state index in [1.165, 1.54) is 19.3 Å². The van der Waals surface area contributed by atoms with Crippen LogP contribution in [-0.2, 0) is 11.3 Å². The van der Waals surface area contributed by atoms with Crippen molar-refractivity contribution in [1.29, 1.82) is 5.26 Å². The van der Waals surface area contributed by atoms with E-state index >= 15 is 0 Å². The highest BCUT2D eigenvalue weighted by Crippen LogP contribution is 2.47. The van der Waals surface area contributed by atoms with Gasteiger partial charge in [0, 0.05) is 43.0 Å². The van der Waals surface area contributed by atoms with Crippen LogP contribution in [0.25, 0.3) is 0 Å². The predicted molar refractivity (Wildman–Crippen MR) is 119 cm³/mol. The third-order valence-electron chi connectivity index (χ3n) is 6.88. The third-order valence-corrected chi connectivity index (χ3v) is 7.81. The highest BCUT2D eigenvalue weighted by atomic mass is 32.1. The van der Waals surface area contributed by atoms with Crippen LogP contribution in [0, 0.1) is 17.2 Å². The lowest BCUT2D eigenvalue weighted by Gasteiger charge is -2.37. The number of rotatable bonds is 8. The van der Waals surface area contributed by atoms with E-state index in [2.05, 4.69) is 34.9 Å². The summed E-state index contributed by atoms with van der Waals surface area (Å²) in [4.78, 5) is 20.6. The monoisotopic (exact) mass is 438 g/mol. The number of carbonyl (C=O) groups is 1. The normalized spacial score (nSPS) is 24.9. The Morgan fingerprint density at radius 1 is 1.29 bits per heavy atom. The van der Waals surface area contributed by atoms with E-state index in [-0.39, 0.29) is 11.9 Å². The molecule has 31 heavy (non-hydrogen) atoms. The van der Waals surface area contributed by atoms with Crippen LogP contribution in [0.5, 0.6) is 0 Å². The first-order chi connectivity index (χ1) is 15.1. The van der Waals surface area contributed by atoms with E-state index < -0.39 is 0 Å². The summed E-state index contributed by atoms with van der Waals surface area (Å²) in [5, 5.41) is 11.6. The van der Waals surface area contributed by atoms with Crippen molar-refractivity contribution in [2.45, 2.75) is 50.7 Å². The van der Waals surface area contributed by atoms with E-state index in [4.69, 9.17) is 4.42 Å². The van der Waals surface area contributed by atoms with Gasteiger partial charge in [0.05, 0.1) is 19.2 Å². The zero-order chi connectivity index (χ0) is 21.4. The van der Waals surface area contributed by atoms with Crippen molar-refractivity contribution in [3.8, 4) is 6.07 Å². The molecule has 0 N–H and O–H groups in total. The lowest BCUT2D eigenvalue weighted by Crippen LogP contribution is -2.51. The minimum atomic E-state index is -0.206. The Labute approximate surface area is 188 Å². The number of furan rings is 1. The van der Waals surface area contributed by atoms with E-state index in [0.29, 0.717) is 38.1 Å². The fourth-order valence-corrected chi connectivity index (χ4v) is 5.43. The Balaban J connectivity index is 1.15. The second-order valence-electron chi connectivity index (χ2n) is 9.22. The Morgan fingerprint density at radius 3 is 2.68 bits per heavy atom. The van der Waals surface area contributed by atoms with Crippen molar-refractivity contribution in [3.05, 3.63) is 46.0 Å². The SMILES string of the molecule is C[C@@H]1C[C@H]1c1ccc(CN(CC(=O)N2CCN([C@@H](C#N)c3cccs3)CC2)C2CC2)o1. The number of carbonyl (C=O) groups excluding carboxylic acids is 1. The maximum atomic E-state index is 13.0. The van der Waals surface area contributed by atoms with Gasteiger partial charge in [0.15, 0.2) is 0 Å². The summed E-state index contributed by atoms with van der Waals surface area (Å²) in [6.07, 6.45) is 3.56. The molecule has 3 fully saturated rings. The Hall–Kier alpha value is -2.14. The van der Waals surface area contributed by atoms with Crippen LogP contribution in [0.1, 0.15) is 54.5 Å². The minimum absolute atomic E-state index is 0.193. The van der Waals surface area contributed by atoms with E-state index in [9.17, 15) is 10.1 Å². The van der Waals surface area contributed by atoms with Crippen LogP contribution >= 0.6 is 11.3 Å². The molecule has 0 radical (unpaired) electrons. The standard InChI is InChI=1S/C24H30N4O2S/c1-17-13-20(17)22-7-6-19(30-22)15-28(18-4-5-18)16-24(29)27-10-8-26(9-11-27)21(14-25)23-3-2-12-31-23/h2-3,6-7,12,17-18,20-21H,4-5,8-11,13,15-16H2,1H3/t17-,20-,21+/m1/s1. The van der Waals surface area contributed by atoms with Gasteiger partial charge < -0.3 is 9.32 Å². The Morgan fingerprint density at radius 2 is 2.06 bits per heavy atom. The molecule has 3 atom stereocenters. The van der Waals surface area contributed by atoms with E-state index in [1.54, 1.807) is 11.3 Å². The molecular formula is C24H30N4O2S. The van der Waals surface area contributed by atoms with Crippen molar-refractivity contribution < 1.29 is 9.21 Å². The van der Waals surface area contributed by atoms with Gasteiger partial charge >= 0.3 is 0 Å². The van der Waals surface area contributed by atoms with Crippen molar-refractivity contribution in [2.24, 2.45) is 5.92 Å². The number of nitrogens with zero attached hydrogens (tertiary/aromatic N) is 4. The molecule has 3 aliphatic rings. The molecule has 1 aliphatic heterocycles. The first-order valence-electron chi connectivity index (χ1n) is 11.4. The third kappa shape index (κ3) is 4.72. The smallest absolute Gasteiger partial charge is 0.236 e. The zero-order valence-corrected chi connectivity index (χ0v) is 18.9. The van der Waals surface area contributed by atoms with Crippen molar-refractivity contribution in [2.75, 3.05) is 32.7 Å². The van der Waals surface area contributed by atoms with Gasteiger partial charge in [-0.3, -0.25) is 14.6 Å².